The van der Waals surface area contributed by atoms with E-state index in [0.29, 0.717) is 12.1 Å². The van der Waals surface area contributed by atoms with Crippen molar-refractivity contribution in [1.82, 2.24) is 5.32 Å². The zero-order valence-electron chi connectivity index (χ0n) is 15.7. The predicted octanol–water partition coefficient (Wildman–Crippen LogP) is 4.54. The topological polar surface area (TPSA) is 84.6 Å². The molecule has 0 bridgehead atoms. The zero-order valence-corrected chi connectivity index (χ0v) is 16.5. The zero-order chi connectivity index (χ0) is 20.1. The van der Waals surface area contributed by atoms with E-state index in [1.54, 1.807) is 25.3 Å². The van der Waals surface area contributed by atoms with Crippen molar-refractivity contribution < 1.29 is 14.8 Å². The van der Waals surface area contributed by atoms with Crippen molar-refractivity contribution in [3.05, 3.63) is 81.2 Å². The molecule has 6 nitrogen and oxygen atoms in total. The maximum absolute atomic E-state index is 11.2. The highest BCUT2D eigenvalue weighted by atomic mass is 32.1. The summed E-state index contributed by atoms with van der Waals surface area (Å²) >= 11 is 1.51. The van der Waals surface area contributed by atoms with Gasteiger partial charge in [-0.3, -0.25) is 10.1 Å². The van der Waals surface area contributed by atoms with E-state index < -0.39 is 6.10 Å². The van der Waals surface area contributed by atoms with Gasteiger partial charge in [0, 0.05) is 28.4 Å². The van der Waals surface area contributed by atoms with Gasteiger partial charge in [0.05, 0.1) is 23.7 Å². The highest BCUT2D eigenvalue weighted by Gasteiger charge is 2.18. The lowest BCUT2D eigenvalue weighted by molar-refractivity contribution is -0.384. The first kappa shape index (κ1) is 20.0. The summed E-state index contributed by atoms with van der Waals surface area (Å²) in [6.45, 7) is 2.49. The second-order valence-corrected chi connectivity index (χ2v) is 7.60. The fraction of sp³-hybridized carbons (Fsp3) is 0.238. The van der Waals surface area contributed by atoms with Crippen LogP contribution in [0.3, 0.4) is 0 Å². The largest absolute Gasteiger partial charge is 0.497 e. The molecule has 2 atom stereocenters. The Morgan fingerprint density at radius 3 is 2.54 bits per heavy atom. The third-order valence-corrected chi connectivity index (χ3v) is 5.68. The lowest BCUT2D eigenvalue weighted by Crippen LogP contribution is -2.31. The SMILES string of the molecule is COc1ccc([C@@H](O)[C@H](C)NCc2ccc(-c3ccccc3[N+](=O)[O-])s2)cc1. The van der Waals surface area contributed by atoms with Crippen molar-refractivity contribution in [3.63, 3.8) is 0 Å². The van der Waals surface area contributed by atoms with E-state index in [0.717, 1.165) is 21.1 Å². The predicted molar refractivity (Wildman–Crippen MR) is 111 cm³/mol. The molecule has 2 aromatic carbocycles. The van der Waals surface area contributed by atoms with E-state index in [9.17, 15) is 15.2 Å². The number of benzene rings is 2. The number of methoxy groups -OCH3 is 1. The van der Waals surface area contributed by atoms with Crippen LogP contribution >= 0.6 is 11.3 Å². The number of nitrogens with zero attached hydrogens (tertiary/aromatic N) is 1. The van der Waals surface area contributed by atoms with Crippen LogP contribution in [0.5, 0.6) is 5.75 Å². The molecule has 146 valence electrons. The summed E-state index contributed by atoms with van der Waals surface area (Å²) in [7, 11) is 1.61. The van der Waals surface area contributed by atoms with Gasteiger partial charge in [-0.1, -0.05) is 24.3 Å². The summed E-state index contributed by atoms with van der Waals surface area (Å²) in [5.74, 6) is 0.748. The molecule has 0 fully saturated rings. The van der Waals surface area contributed by atoms with Crippen molar-refractivity contribution in [2.45, 2.75) is 25.6 Å². The minimum Gasteiger partial charge on any atom is -0.497 e. The average molecular weight is 398 g/mol. The summed E-state index contributed by atoms with van der Waals surface area (Å²) in [6.07, 6.45) is -0.652. The van der Waals surface area contributed by atoms with Crippen LogP contribution in [-0.2, 0) is 6.54 Å². The molecule has 0 aliphatic rings. The van der Waals surface area contributed by atoms with Crippen LogP contribution in [0.4, 0.5) is 5.69 Å². The monoisotopic (exact) mass is 398 g/mol. The number of nitro benzene ring substituents is 1. The number of nitro groups is 1. The second kappa shape index (κ2) is 8.97. The molecule has 2 N–H and O–H groups in total. The maximum Gasteiger partial charge on any atom is 0.278 e. The van der Waals surface area contributed by atoms with E-state index in [1.165, 1.54) is 17.4 Å². The number of aliphatic hydroxyl groups excluding tert-OH is 1. The van der Waals surface area contributed by atoms with E-state index >= 15 is 0 Å². The highest BCUT2D eigenvalue weighted by molar-refractivity contribution is 7.15. The minimum atomic E-state index is -0.652. The lowest BCUT2D eigenvalue weighted by atomic mass is 10.0. The smallest absolute Gasteiger partial charge is 0.278 e. The molecule has 1 aromatic heterocycles. The van der Waals surface area contributed by atoms with Gasteiger partial charge >= 0.3 is 0 Å². The number of hydrogen-bond acceptors (Lipinski definition) is 6. The van der Waals surface area contributed by atoms with E-state index in [2.05, 4.69) is 5.32 Å². The van der Waals surface area contributed by atoms with E-state index in [4.69, 9.17) is 4.74 Å². The molecule has 0 aliphatic carbocycles. The molecule has 3 aromatic rings. The van der Waals surface area contributed by atoms with E-state index in [-0.39, 0.29) is 16.7 Å². The highest BCUT2D eigenvalue weighted by Crippen LogP contribution is 2.34. The number of nitrogens with one attached hydrogen (secondary N) is 1. The van der Waals surface area contributed by atoms with Gasteiger partial charge in [0.1, 0.15) is 5.75 Å². The summed E-state index contributed by atoms with van der Waals surface area (Å²) in [4.78, 5) is 12.8. The fourth-order valence-electron chi connectivity index (χ4n) is 2.92. The normalized spacial score (nSPS) is 13.1. The number of rotatable bonds is 8. The molecule has 3 rings (SSSR count). The lowest BCUT2D eigenvalue weighted by Gasteiger charge is -2.20. The van der Waals surface area contributed by atoms with Gasteiger partial charge in [0.25, 0.3) is 5.69 Å². The Labute approximate surface area is 167 Å². The number of para-hydroxylation sites is 1. The molecule has 0 radical (unpaired) electrons. The fourth-order valence-corrected chi connectivity index (χ4v) is 3.91. The van der Waals surface area contributed by atoms with Gasteiger partial charge in [0.15, 0.2) is 0 Å². The maximum atomic E-state index is 11.2. The molecule has 0 aliphatic heterocycles. The molecule has 1 heterocycles. The van der Waals surface area contributed by atoms with Crippen LogP contribution in [0.25, 0.3) is 10.4 Å². The second-order valence-electron chi connectivity index (χ2n) is 6.43. The van der Waals surface area contributed by atoms with Crippen molar-refractivity contribution in [3.8, 4) is 16.2 Å². The van der Waals surface area contributed by atoms with Gasteiger partial charge in [-0.05, 0) is 42.8 Å². The summed E-state index contributed by atoms with van der Waals surface area (Å²) in [5, 5.41) is 25.1. The summed E-state index contributed by atoms with van der Waals surface area (Å²) in [5.41, 5.74) is 1.54. The number of ether oxygens (including phenoxy) is 1. The van der Waals surface area contributed by atoms with Crippen molar-refractivity contribution in [1.29, 1.82) is 0 Å². The molecule has 28 heavy (non-hydrogen) atoms. The molecular weight excluding hydrogens is 376 g/mol. The number of thiophene rings is 1. The molecular formula is C21H22N2O4S. The number of hydrogen-bond donors (Lipinski definition) is 2. The van der Waals surface area contributed by atoms with Crippen LogP contribution in [0.15, 0.2) is 60.7 Å². The van der Waals surface area contributed by atoms with Crippen molar-refractivity contribution >= 4 is 17.0 Å². The number of aliphatic hydroxyl groups is 1. The average Bonchev–Trinajstić information content (AvgIpc) is 3.20. The van der Waals surface area contributed by atoms with E-state index in [1.807, 2.05) is 43.3 Å². The van der Waals surface area contributed by atoms with Crippen LogP contribution in [-0.4, -0.2) is 23.2 Å². The molecule has 0 saturated carbocycles. The summed E-state index contributed by atoms with van der Waals surface area (Å²) < 4.78 is 5.14. The van der Waals surface area contributed by atoms with Crippen molar-refractivity contribution in [2.75, 3.05) is 7.11 Å². The Kier molecular flexibility index (Phi) is 6.41. The van der Waals surface area contributed by atoms with Gasteiger partial charge in [-0.25, -0.2) is 0 Å². The molecule has 0 spiro atoms. The van der Waals surface area contributed by atoms with Crippen LogP contribution in [0.2, 0.25) is 0 Å². The third kappa shape index (κ3) is 4.56. The Morgan fingerprint density at radius 2 is 1.86 bits per heavy atom. The standard InChI is InChI=1S/C21H22N2O4S/c1-14(21(24)15-7-9-16(27-2)10-8-15)22-13-17-11-12-20(28-17)18-5-3-4-6-19(18)23(25)26/h3-12,14,21-22,24H,13H2,1-2H3/t14-,21-/m0/s1. The molecule has 0 saturated heterocycles. The molecule has 7 heteroatoms. The van der Waals surface area contributed by atoms with Crippen LogP contribution in [0, 0.1) is 10.1 Å². The molecule has 0 unspecified atom stereocenters. The minimum absolute atomic E-state index is 0.104. The van der Waals surface area contributed by atoms with Crippen LogP contribution < -0.4 is 10.1 Å². The first-order chi connectivity index (χ1) is 13.5. The Balaban J connectivity index is 1.64. The Hall–Kier alpha value is -2.74. The van der Waals surface area contributed by atoms with Gasteiger partial charge < -0.3 is 15.2 Å². The van der Waals surface area contributed by atoms with Crippen molar-refractivity contribution in [2.24, 2.45) is 0 Å². The van der Waals surface area contributed by atoms with Gasteiger partial charge in [-0.15, -0.1) is 11.3 Å². The first-order valence-electron chi connectivity index (χ1n) is 8.87. The van der Waals surface area contributed by atoms with Gasteiger partial charge in [0.2, 0.25) is 0 Å². The van der Waals surface area contributed by atoms with Crippen LogP contribution in [0.1, 0.15) is 23.5 Å². The third-order valence-electron chi connectivity index (χ3n) is 4.56. The quantitative estimate of drug-likeness (QED) is 0.430. The molecule has 0 amide bonds. The Bertz CT molecular complexity index is 940. The Morgan fingerprint density at radius 1 is 1.14 bits per heavy atom. The first-order valence-corrected chi connectivity index (χ1v) is 9.69. The summed E-state index contributed by atoms with van der Waals surface area (Å²) in [6, 6.07) is 17.8. The van der Waals surface area contributed by atoms with Gasteiger partial charge in [-0.2, -0.15) is 0 Å².